The van der Waals surface area contributed by atoms with Gasteiger partial charge >= 0.3 is 11.7 Å². The lowest BCUT2D eigenvalue weighted by atomic mass is 9.95. The second-order valence-corrected chi connectivity index (χ2v) is 9.55. The summed E-state index contributed by atoms with van der Waals surface area (Å²) < 4.78 is 14.0. The van der Waals surface area contributed by atoms with E-state index in [4.69, 9.17) is 14.3 Å². The van der Waals surface area contributed by atoms with E-state index in [-0.39, 0.29) is 22.4 Å². The molecule has 0 spiro atoms. The average Bonchev–Trinajstić information content (AvgIpc) is 3.73. The summed E-state index contributed by atoms with van der Waals surface area (Å²) in [6, 6.07) is 15.1. The minimum atomic E-state index is -1.07. The zero-order chi connectivity index (χ0) is 28.7. The summed E-state index contributed by atoms with van der Waals surface area (Å²) in [4.78, 5) is 31.1. The number of allylic oxidation sites excluding steroid dienone is 5. The molecule has 2 aliphatic rings. The predicted molar refractivity (Wildman–Crippen MR) is 148 cm³/mol. The number of carbonyl (C=O) groups is 1. The van der Waals surface area contributed by atoms with Crippen LogP contribution >= 0.6 is 0 Å². The topological polar surface area (TPSA) is 139 Å². The Bertz CT molecular complexity index is 1940. The number of esters is 1. The van der Waals surface area contributed by atoms with Gasteiger partial charge in [0.25, 0.3) is 5.56 Å². The van der Waals surface area contributed by atoms with Gasteiger partial charge in [0, 0.05) is 29.5 Å². The lowest BCUT2D eigenvalue weighted by Gasteiger charge is -2.24. The number of carbonyl (C=O) groups excluding carboxylic acids is 1. The van der Waals surface area contributed by atoms with Crippen molar-refractivity contribution in [3.8, 4) is 16.9 Å². The van der Waals surface area contributed by atoms with Crippen molar-refractivity contribution in [3.05, 3.63) is 128 Å². The highest BCUT2D eigenvalue weighted by Gasteiger charge is 2.35. The van der Waals surface area contributed by atoms with E-state index in [1.54, 1.807) is 36.0 Å². The Kier molecular flexibility index (Phi) is 6.67. The van der Waals surface area contributed by atoms with E-state index in [0.29, 0.717) is 28.9 Å². The second kappa shape index (κ2) is 10.5. The maximum Gasteiger partial charge on any atom is 0.338 e. The Morgan fingerprint density at radius 1 is 1.22 bits per heavy atom. The maximum atomic E-state index is 13.9. The Labute approximate surface area is 233 Å². The SMILES string of the molecule is COC(=O)C1=C(C)N=c2o/c(=C\c3cn(-c4ccccc4)nc3-c3cccc([NH+]([O-])O)c3)c(=O)n2C1C1=CC=CC1. The predicted octanol–water partition coefficient (Wildman–Crippen LogP) is 2.03. The first-order chi connectivity index (χ1) is 19.9. The van der Waals surface area contributed by atoms with Crippen LogP contribution < -0.4 is 21.9 Å². The van der Waals surface area contributed by atoms with Gasteiger partial charge in [-0.1, -0.05) is 48.6 Å². The average molecular weight is 552 g/mol. The molecule has 4 aromatic rings. The molecule has 2 aromatic heterocycles. The first-order valence-corrected chi connectivity index (χ1v) is 12.8. The first kappa shape index (κ1) is 26.1. The van der Waals surface area contributed by atoms with Gasteiger partial charge in [-0.05, 0) is 37.1 Å². The molecule has 0 bridgehead atoms. The molecule has 206 valence electrons. The van der Waals surface area contributed by atoms with Crippen molar-refractivity contribution in [1.82, 2.24) is 14.3 Å². The summed E-state index contributed by atoms with van der Waals surface area (Å²) in [5.74, 6) is -0.571. The first-order valence-electron chi connectivity index (χ1n) is 12.8. The number of benzene rings is 2. The molecule has 0 amide bonds. The monoisotopic (exact) mass is 551 g/mol. The Hall–Kier alpha value is -5.10. The maximum absolute atomic E-state index is 13.9. The minimum absolute atomic E-state index is 0.0116. The van der Waals surface area contributed by atoms with Crippen LogP contribution in [0.1, 0.15) is 24.9 Å². The summed E-state index contributed by atoms with van der Waals surface area (Å²) in [6.45, 7) is 1.68. The van der Waals surface area contributed by atoms with Crippen molar-refractivity contribution in [1.29, 1.82) is 0 Å². The quantitative estimate of drug-likeness (QED) is 0.276. The molecule has 1 aliphatic heterocycles. The Balaban J connectivity index is 1.55. The normalized spacial score (nSPS) is 17.3. The van der Waals surface area contributed by atoms with Gasteiger partial charge in [-0.15, -0.1) is 0 Å². The summed E-state index contributed by atoms with van der Waals surface area (Å²) in [5.41, 5.74) is 3.49. The molecule has 11 nitrogen and oxygen atoms in total. The summed E-state index contributed by atoms with van der Waals surface area (Å²) in [5, 5.41) is 24.9. The van der Waals surface area contributed by atoms with Crippen LogP contribution in [-0.2, 0) is 9.53 Å². The fraction of sp³-hybridized carbons (Fsp3) is 0.133. The number of hydrogen-bond donors (Lipinski definition) is 2. The second-order valence-electron chi connectivity index (χ2n) is 9.55. The van der Waals surface area contributed by atoms with E-state index in [2.05, 4.69) is 4.99 Å². The number of methoxy groups -OCH3 is 1. The van der Waals surface area contributed by atoms with Crippen LogP contribution in [-0.4, -0.2) is 32.6 Å². The molecule has 3 heterocycles. The lowest BCUT2D eigenvalue weighted by molar-refractivity contribution is -0.991. The molecule has 0 fully saturated rings. The molecule has 0 saturated heterocycles. The summed E-state index contributed by atoms with van der Waals surface area (Å²) in [6.07, 6.45) is 9.55. The van der Waals surface area contributed by atoms with Gasteiger partial charge in [0.15, 0.2) is 11.1 Å². The minimum Gasteiger partial charge on any atom is -0.595 e. The highest BCUT2D eigenvalue weighted by Crippen LogP contribution is 2.34. The molecular formula is C30H25N5O6. The highest BCUT2D eigenvalue weighted by atomic mass is 16.8. The van der Waals surface area contributed by atoms with Gasteiger partial charge in [0.05, 0.1) is 30.1 Å². The van der Waals surface area contributed by atoms with E-state index >= 15 is 0 Å². The van der Waals surface area contributed by atoms with Crippen LogP contribution in [0.15, 0.2) is 110 Å². The number of nitrogens with one attached hydrogen (secondary N) is 1. The number of quaternary nitrogens is 1. The van der Waals surface area contributed by atoms with E-state index in [0.717, 1.165) is 11.3 Å². The fourth-order valence-electron chi connectivity index (χ4n) is 5.08. The Morgan fingerprint density at radius 3 is 2.73 bits per heavy atom. The van der Waals surface area contributed by atoms with Crippen LogP contribution in [0.5, 0.6) is 0 Å². The van der Waals surface area contributed by atoms with Crippen LogP contribution in [0.4, 0.5) is 5.69 Å². The molecule has 0 radical (unpaired) electrons. The van der Waals surface area contributed by atoms with Crippen LogP contribution in [0.3, 0.4) is 0 Å². The molecule has 2 atom stereocenters. The molecule has 6 rings (SSSR count). The van der Waals surface area contributed by atoms with Crippen molar-refractivity contribution in [2.24, 2.45) is 4.99 Å². The van der Waals surface area contributed by atoms with Crippen LogP contribution in [0, 0.1) is 5.21 Å². The van der Waals surface area contributed by atoms with Crippen molar-refractivity contribution >= 4 is 17.7 Å². The fourth-order valence-corrected chi connectivity index (χ4v) is 5.08. The third kappa shape index (κ3) is 4.67. The number of nitrogens with zero attached hydrogens (tertiary/aromatic N) is 4. The van der Waals surface area contributed by atoms with Crippen LogP contribution in [0.25, 0.3) is 23.0 Å². The van der Waals surface area contributed by atoms with E-state index in [1.165, 1.54) is 23.8 Å². The molecule has 11 heteroatoms. The number of oxazole rings is 1. The van der Waals surface area contributed by atoms with Gasteiger partial charge in [-0.2, -0.15) is 10.3 Å². The van der Waals surface area contributed by atoms with Gasteiger partial charge in [0.1, 0.15) is 5.69 Å². The standard InChI is InChI=1S/C30H25N5O6/c1-18-25(29(37)40-2)27(19-9-6-7-10-19)34-28(36)24(41-30(34)31-18)16-21-17-33(22-12-4-3-5-13-22)32-26(21)20-11-8-14-23(15-20)35(38)39/h3-9,11-17,27,35,38H,10H2,1-2H3/b24-16-. The van der Waals surface area contributed by atoms with Gasteiger partial charge in [-0.25, -0.2) is 24.2 Å². The largest absolute Gasteiger partial charge is 0.595 e. The molecule has 2 aromatic carbocycles. The van der Waals surface area contributed by atoms with E-state index in [9.17, 15) is 20.0 Å². The van der Waals surface area contributed by atoms with Crippen molar-refractivity contribution < 1.29 is 24.4 Å². The highest BCUT2D eigenvalue weighted by molar-refractivity contribution is 5.91. The molecule has 2 N–H and O–H groups in total. The third-order valence-corrected chi connectivity index (χ3v) is 7.01. The number of fused-ring (bicyclic) bond motifs is 1. The van der Waals surface area contributed by atoms with Gasteiger partial charge < -0.3 is 14.4 Å². The van der Waals surface area contributed by atoms with Gasteiger partial charge in [0.2, 0.25) is 0 Å². The van der Waals surface area contributed by atoms with Crippen molar-refractivity contribution in [3.63, 3.8) is 0 Å². The molecule has 41 heavy (non-hydrogen) atoms. The number of hydrogen-bond acceptors (Lipinski definition) is 8. The number of ether oxygens (including phenoxy) is 1. The Morgan fingerprint density at radius 2 is 2.02 bits per heavy atom. The third-order valence-electron chi connectivity index (χ3n) is 7.01. The number of rotatable bonds is 6. The molecule has 1 aliphatic carbocycles. The van der Waals surface area contributed by atoms with Crippen LogP contribution in [0.2, 0.25) is 0 Å². The van der Waals surface area contributed by atoms with Crippen molar-refractivity contribution in [2.45, 2.75) is 19.4 Å². The van der Waals surface area contributed by atoms with E-state index in [1.807, 2.05) is 48.6 Å². The van der Waals surface area contributed by atoms with Crippen molar-refractivity contribution in [2.75, 3.05) is 7.11 Å². The zero-order valence-corrected chi connectivity index (χ0v) is 22.1. The number of aromatic nitrogens is 3. The molecule has 2 unspecified atom stereocenters. The smallest absolute Gasteiger partial charge is 0.338 e. The number of para-hydroxylation sites is 1. The molecular weight excluding hydrogens is 526 g/mol. The van der Waals surface area contributed by atoms with E-state index < -0.39 is 22.8 Å². The lowest BCUT2D eigenvalue weighted by Crippen LogP contribution is -2.99. The zero-order valence-electron chi connectivity index (χ0n) is 22.1. The summed E-state index contributed by atoms with van der Waals surface area (Å²) in [7, 11) is 1.29. The summed E-state index contributed by atoms with van der Waals surface area (Å²) >= 11 is 0. The van der Waals surface area contributed by atoms with Gasteiger partial charge in [-0.3, -0.25) is 4.79 Å². The molecule has 0 saturated carbocycles.